The SMILES string of the molecule is CN1CCN(C(=O)CC2Oc3ccccc3N(C)C2=O)CC1. The van der Waals surface area contributed by atoms with E-state index in [0.717, 1.165) is 18.8 Å². The number of likely N-dealkylation sites (N-methyl/N-ethyl adjacent to an activating group) is 2. The van der Waals surface area contributed by atoms with Crippen LogP contribution >= 0.6 is 0 Å². The fraction of sp³-hybridized carbons (Fsp3) is 0.500. The van der Waals surface area contributed by atoms with Gasteiger partial charge >= 0.3 is 0 Å². The second-order valence-electron chi connectivity index (χ2n) is 5.86. The number of ether oxygens (including phenoxy) is 1. The summed E-state index contributed by atoms with van der Waals surface area (Å²) in [7, 11) is 3.76. The van der Waals surface area contributed by atoms with Gasteiger partial charge in [-0.15, -0.1) is 0 Å². The van der Waals surface area contributed by atoms with Crippen molar-refractivity contribution in [2.45, 2.75) is 12.5 Å². The van der Waals surface area contributed by atoms with Gasteiger partial charge in [-0.3, -0.25) is 9.59 Å². The molecule has 2 amide bonds. The highest BCUT2D eigenvalue weighted by Gasteiger charge is 2.35. The largest absolute Gasteiger partial charge is 0.478 e. The van der Waals surface area contributed by atoms with Crippen molar-refractivity contribution in [3.05, 3.63) is 24.3 Å². The number of piperazine rings is 1. The molecule has 0 bridgehead atoms. The number of amides is 2. The number of anilines is 1. The van der Waals surface area contributed by atoms with Gasteiger partial charge in [-0.05, 0) is 19.2 Å². The minimum absolute atomic E-state index is 0.0146. The van der Waals surface area contributed by atoms with Crippen molar-refractivity contribution in [3.8, 4) is 5.75 Å². The number of hydrogen-bond acceptors (Lipinski definition) is 4. The third kappa shape index (κ3) is 2.78. The highest BCUT2D eigenvalue weighted by atomic mass is 16.5. The first-order valence-electron chi connectivity index (χ1n) is 7.56. The van der Waals surface area contributed by atoms with Gasteiger partial charge in [0, 0.05) is 33.2 Å². The Morgan fingerprint density at radius 2 is 1.86 bits per heavy atom. The molecule has 1 saturated heterocycles. The Bertz CT molecular complexity index is 582. The Kier molecular flexibility index (Phi) is 4.02. The van der Waals surface area contributed by atoms with Crippen LogP contribution < -0.4 is 9.64 Å². The lowest BCUT2D eigenvalue weighted by Crippen LogP contribution is -2.50. The molecule has 1 unspecified atom stereocenters. The van der Waals surface area contributed by atoms with Crippen LogP contribution in [0.3, 0.4) is 0 Å². The molecule has 0 spiro atoms. The van der Waals surface area contributed by atoms with Gasteiger partial charge in [0.2, 0.25) is 5.91 Å². The van der Waals surface area contributed by atoms with Gasteiger partial charge in [0.05, 0.1) is 12.1 Å². The highest BCUT2D eigenvalue weighted by Crippen LogP contribution is 2.33. The topological polar surface area (TPSA) is 53.1 Å². The van der Waals surface area contributed by atoms with E-state index in [-0.39, 0.29) is 18.2 Å². The molecule has 0 radical (unpaired) electrons. The van der Waals surface area contributed by atoms with E-state index in [1.165, 1.54) is 0 Å². The lowest BCUT2D eigenvalue weighted by molar-refractivity contribution is -0.139. The zero-order valence-electron chi connectivity index (χ0n) is 13.0. The van der Waals surface area contributed by atoms with Gasteiger partial charge in [0.25, 0.3) is 5.91 Å². The monoisotopic (exact) mass is 303 g/mol. The van der Waals surface area contributed by atoms with Crippen molar-refractivity contribution in [3.63, 3.8) is 0 Å². The van der Waals surface area contributed by atoms with Crippen molar-refractivity contribution >= 4 is 17.5 Å². The van der Waals surface area contributed by atoms with E-state index in [2.05, 4.69) is 4.90 Å². The van der Waals surface area contributed by atoms with Gasteiger partial charge < -0.3 is 19.4 Å². The van der Waals surface area contributed by atoms with Crippen LogP contribution in [0, 0.1) is 0 Å². The van der Waals surface area contributed by atoms with Gasteiger partial charge in [-0.2, -0.15) is 0 Å². The number of carbonyl (C=O) groups excluding carboxylic acids is 2. The Balaban J connectivity index is 1.68. The van der Waals surface area contributed by atoms with Crippen molar-refractivity contribution < 1.29 is 14.3 Å². The van der Waals surface area contributed by atoms with Crippen LogP contribution in [0.2, 0.25) is 0 Å². The average molecular weight is 303 g/mol. The number of benzene rings is 1. The summed E-state index contributed by atoms with van der Waals surface area (Å²) in [6, 6.07) is 7.39. The molecule has 0 saturated carbocycles. The predicted molar refractivity (Wildman–Crippen MR) is 83.0 cm³/mol. The second kappa shape index (κ2) is 5.96. The summed E-state index contributed by atoms with van der Waals surface area (Å²) in [5.74, 6) is 0.473. The normalized spacial score (nSPS) is 22.3. The number of carbonyl (C=O) groups is 2. The predicted octanol–water partition coefficient (Wildman–Crippen LogP) is 0.574. The summed E-state index contributed by atoms with van der Waals surface area (Å²) in [5, 5.41) is 0. The maximum absolute atomic E-state index is 12.4. The van der Waals surface area contributed by atoms with Crippen LogP contribution in [-0.4, -0.2) is 68.0 Å². The minimum atomic E-state index is -0.730. The Morgan fingerprint density at radius 3 is 2.59 bits per heavy atom. The average Bonchev–Trinajstić information content (AvgIpc) is 2.53. The van der Waals surface area contributed by atoms with Gasteiger partial charge in [-0.1, -0.05) is 12.1 Å². The lowest BCUT2D eigenvalue weighted by Gasteiger charge is -2.35. The van der Waals surface area contributed by atoms with Crippen LogP contribution in [-0.2, 0) is 9.59 Å². The van der Waals surface area contributed by atoms with Crippen LogP contribution in [0.25, 0.3) is 0 Å². The first-order valence-corrected chi connectivity index (χ1v) is 7.56. The zero-order valence-corrected chi connectivity index (χ0v) is 13.0. The van der Waals surface area contributed by atoms with E-state index in [0.29, 0.717) is 18.8 Å². The summed E-state index contributed by atoms with van der Waals surface area (Å²) >= 11 is 0. The molecule has 3 rings (SSSR count). The van der Waals surface area contributed by atoms with E-state index >= 15 is 0 Å². The molecule has 1 aromatic carbocycles. The van der Waals surface area contributed by atoms with Crippen LogP contribution in [0.1, 0.15) is 6.42 Å². The molecular formula is C16H21N3O3. The van der Waals surface area contributed by atoms with Crippen LogP contribution in [0.4, 0.5) is 5.69 Å². The lowest BCUT2D eigenvalue weighted by atomic mass is 10.1. The van der Waals surface area contributed by atoms with Crippen molar-refractivity contribution in [2.24, 2.45) is 0 Å². The molecule has 6 nitrogen and oxygen atoms in total. The number of fused-ring (bicyclic) bond motifs is 1. The maximum Gasteiger partial charge on any atom is 0.268 e. The van der Waals surface area contributed by atoms with Crippen molar-refractivity contribution in [1.29, 1.82) is 0 Å². The van der Waals surface area contributed by atoms with E-state index in [4.69, 9.17) is 4.74 Å². The van der Waals surface area contributed by atoms with Crippen LogP contribution in [0.15, 0.2) is 24.3 Å². The molecule has 1 fully saturated rings. The third-order valence-corrected chi connectivity index (χ3v) is 4.32. The molecule has 0 aliphatic carbocycles. The summed E-state index contributed by atoms with van der Waals surface area (Å²) in [4.78, 5) is 30.4. The summed E-state index contributed by atoms with van der Waals surface area (Å²) in [6.07, 6.45) is -0.631. The molecular weight excluding hydrogens is 282 g/mol. The summed E-state index contributed by atoms with van der Waals surface area (Å²) in [5.41, 5.74) is 0.746. The summed E-state index contributed by atoms with van der Waals surface area (Å²) < 4.78 is 5.75. The number of hydrogen-bond donors (Lipinski definition) is 0. The Labute approximate surface area is 130 Å². The summed E-state index contributed by atoms with van der Waals surface area (Å²) in [6.45, 7) is 3.16. The smallest absolute Gasteiger partial charge is 0.268 e. The van der Waals surface area contributed by atoms with Crippen molar-refractivity contribution in [2.75, 3.05) is 45.2 Å². The second-order valence-corrected chi connectivity index (χ2v) is 5.86. The number of rotatable bonds is 2. The van der Waals surface area contributed by atoms with E-state index in [1.807, 2.05) is 36.2 Å². The number of nitrogens with zero attached hydrogens (tertiary/aromatic N) is 3. The van der Waals surface area contributed by atoms with Gasteiger partial charge in [0.1, 0.15) is 5.75 Å². The first kappa shape index (κ1) is 14.8. The molecule has 1 aromatic rings. The minimum Gasteiger partial charge on any atom is -0.478 e. The Morgan fingerprint density at radius 1 is 1.18 bits per heavy atom. The standard InChI is InChI=1S/C16H21N3O3/c1-17-7-9-19(10-8-17)15(20)11-14-16(21)18(2)12-5-3-4-6-13(12)22-14/h3-6,14H,7-11H2,1-2H3. The zero-order chi connectivity index (χ0) is 15.7. The molecule has 6 heteroatoms. The molecule has 0 N–H and O–H groups in total. The molecule has 2 aliphatic rings. The number of para-hydroxylation sites is 2. The third-order valence-electron chi connectivity index (χ3n) is 4.32. The highest BCUT2D eigenvalue weighted by molar-refractivity contribution is 6.01. The fourth-order valence-corrected chi connectivity index (χ4v) is 2.84. The van der Waals surface area contributed by atoms with E-state index in [1.54, 1.807) is 11.9 Å². The molecule has 118 valence electrons. The van der Waals surface area contributed by atoms with Crippen molar-refractivity contribution in [1.82, 2.24) is 9.80 Å². The van der Waals surface area contributed by atoms with Crippen LogP contribution in [0.5, 0.6) is 5.75 Å². The molecule has 1 atom stereocenters. The van der Waals surface area contributed by atoms with Gasteiger partial charge in [0.15, 0.2) is 6.10 Å². The molecule has 0 aromatic heterocycles. The maximum atomic E-state index is 12.4. The first-order chi connectivity index (χ1) is 10.6. The Hall–Kier alpha value is -2.08. The molecule has 22 heavy (non-hydrogen) atoms. The quantitative estimate of drug-likeness (QED) is 0.802. The van der Waals surface area contributed by atoms with E-state index in [9.17, 15) is 9.59 Å². The molecule has 2 aliphatic heterocycles. The molecule has 2 heterocycles. The van der Waals surface area contributed by atoms with Gasteiger partial charge in [-0.25, -0.2) is 0 Å². The fourth-order valence-electron chi connectivity index (χ4n) is 2.84. The van der Waals surface area contributed by atoms with E-state index < -0.39 is 6.10 Å².